The molecule has 1 fully saturated rings. The summed E-state index contributed by atoms with van der Waals surface area (Å²) in [4.78, 5) is 8.12. The SMILES string of the molecule is COc1ncnc(N)c1CNC[C@H]1CCO[C@@H]1c1ccccc1. The maximum Gasteiger partial charge on any atom is 0.222 e. The molecule has 0 saturated carbocycles. The highest BCUT2D eigenvalue weighted by Gasteiger charge is 2.29. The van der Waals surface area contributed by atoms with Gasteiger partial charge in [0.15, 0.2) is 0 Å². The highest BCUT2D eigenvalue weighted by atomic mass is 16.5. The molecule has 0 spiro atoms. The molecule has 0 amide bonds. The second kappa shape index (κ2) is 7.39. The molecular weight excluding hydrogens is 292 g/mol. The lowest BCUT2D eigenvalue weighted by Crippen LogP contribution is -2.25. The highest BCUT2D eigenvalue weighted by molar-refractivity contribution is 5.44. The Hall–Kier alpha value is -2.18. The molecule has 1 aliphatic heterocycles. The molecule has 0 bridgehead atoms. The van der Waals surface area contributed by atoms with Crippen LogP contribution in [0.1, 0.15) is 23.7 Å². The molecule has 2 aromatic rings. The highest BCUT2D eigenvalue weighted by Crippen LogP contribution is 2.34. The maximum atomic E-state index is 5.91. The van der Waals surface area contributed by atoms with Crippen LogP contribution in [0.25, 0.3) is 0 Å². The molecule has 1 saturated heterocycles. The lowest BCUT2D eigenvalue weighted by Gasteiger charge is -2.19. The van der Waals surface area contributed by atoms with Crippen LogP contribution in [0.3, 0.4) is 0 Å². The van der Waals surface area contributed by atoms with Crippen molar-refractivity contribution in [2.75, 3.05) is 26.0 Å². The van der Waals surface area contributed by atoms with E-state index in [4.69, 9.17) is 15.2 Å². The van der Waals surface area contributed by atoms with Crippen LogP contribution in [-0.4, -0.2) is 30.2 Å². The summed E-state index contributed by atoms with van der Waals surface area (Å²) in [6, 6.07) is 10.4. The largest absolute Gasteiger partial charge is 0.481 e. The molecule has 0 radical (unpaired) electrons. The number of nitrogen functional groups attached to an aromatic ring is 1. The quantitative estimate of drug-likeness (QED) is 0.848. The molecule has 1 aliphatic rings. The van der Waals surface area contributed by atoms with E-state index in [0.717, 1.165) is 25.1 Å². The molecular formula is C17H22N4O2. The number of hydrogen-bond donors (Lipinski definition) is 2. The molecule has 23 heavy (non-hydrogen) atoms. The predicted octanol–water partition coefficient (Wildman–Crippen LogP) is 1.93. The number of anilines is 1. The van der Waals surface area contributed by atoms with Gasteiger partial charge in [0.2, 0.25) is 5.88 Å². The minimum absolute atomic E-state index is 0.148. The Morgan fingerprint density at radius 2 is 2.13 bits per heavy atom. The van der Waals surface area contributed by atoms with Gasteiger partial charge in [0.05, 0.1) is 18.8 Å². The Bertz CT molecular complexity index is 636. The van der Waals surface area contributed by atoms with Gasteiger partial charge in [-0.2, -0.15) is 0 Å². The lowest BCUT2D eigenvalue weighted by atomic mass is 9.95. The summed E-state index contributed by atoms with van der Waals surface area (Å²) in [6.07, 6.45) is 2.60. The Morgan fingerprint density at radius 3 is 2.91 bits per heavy atom. The minimum atomic E-state index is 0.148. The molecule has 122 valence electrons. The normalized spacial score (nSPS) is 20.6. The summed E-state index contributed by atoms with van der Waals surface area (Å²) in [5, 5.41) is 3.44. The van der Waals surface area contributed by atoms with Crippen LogP contribution in [0.15, 0.2) is 36.7 Å². The van der Waals surface area contributed by atoms with Gasteiger partial charge in [-0.05, 0) is 12.0 Å². The van der Waals surface area contributed by atoms with Gasteiger partial charge >= 0.3 is 0 Å². The molecule has 0 unspecified atom stereocenters. The summed E-state index contributed by atoms with van der Waals surface area (Å²) >= 11 is 0. The van der Waals surface area contributed by atoms with Crippen LogP contribution in [0.2, 0.25) is 0 Å². The number of methoxy groups -OCH3 is 1. The van der Waals surface area contributed by atoms with Crippen LogP contribution in [0.5, 0.6) is 5.88 Å². The predicted molar refractivity (Wildman–Crippen MR) is 87.9 cm³/mol. The summed E-state index contributed by atoms with van der Waals surface area (Å²) < 4.78 is 11.2. The Labute approximate surface area is 136 Å². The van der Waals surface area contributed by atoms with E-state index in [-0.39, 0.29) is 6.10 Å². The summed E-state index contributed by atoms with van der Waals surface area (Å²) in [5.74, 6) is 1.41. The van der Waals surface area contributed by atoms with Crippen molar-refractivity contribution in [3.63, 3.8) is 0 Å². The number of nitrogens with zero attached hydrogens (tertiary/aromatic N) is 2. The average molecular weight is 314 g/mol. The van der Waals surface area contributed by atoms with Gasteiger partial charge in [0.1, 0.15) is 12.1 Å². The van der Waals surface area contributed by atoms with Crippen molar-refractivity contribution in [3.05, 3.63) is 47.8 Å². The Morgan fingerprint density at radius 1 is 1.30 bits per heavy atom. The second-order valence-electron chi connectivity index (χ2n) is 5.63. The van der Waals surface area contributed by atoms with E-state index >= 15 is 0 Å². The fourth-order valence-electron chi connectivity index (χ4n) is 2.99. The van der Waals surface area contributed by atoms with Crippen molar-refractivity contribution in [1.82, 2.24) is 15.3 Å². The van der Waals surface area contributed by atoms with Gasteiger partial charge < -0.3 is 20.5 Å². The molecule has 2 atom stereocenters. The van der Waals surface area contributed by atoms with E-state index in [1.165, 1.54) is 11.9 Å². The molecule has 2 heterocycles. The van der Waals surface area contributed by atoms with Crippen LogP contribution in [0, 0.1) is 5.92 Å². The third-order valence-corrected chi connectivity index (χ3v) is 4.18. The second-order valence-corrected chi connectivity index (χ2v) is 5.63. The first-order valence-corrected chi connectivity index (χ1v) is 7.80. The number of nitrogens with two attached hydrogens (primary N) is 1. The van der Waals surface area contributed by atoms with Crippen molar-refractivity contribution in [3.8, 4) is 5.88 Å². The smallest absolute Gasteiger partial charge is 0.222 e. The van der Waals surface area contributed by atoms with E-state index in [9.17, 15) is 0 Å². The van der Waals surface area contributed by atoms with Crippen molar-refractivity contribution >= 4 is 5.82 Å². The van der Waals surface area contributed by atoms with E-state index in [2.05, 4.69) is 27.4 Å². The van der Waals surface area contributed by atoms with E-state index in [1.54, 1.807) is 7.11 Å². The zero-order valence-electron chi connectivity index (χ0n) is 13.2. The number of rotatable bonds is 6. The molecule has 3 N–H and O–H groups in total. The topological polar surface area (TPSA) is 82.3 Å². The fourth-order valence-corrected chi connectivity index (χ4v) is 2.99. The number of hydrogen-bond acceptors (Lipinski definition) is 6. The van der Waals surface area contributed by atoms with E-state index in [0.29, 0.717) is 24.2 Å². The summed E-state index contributed by atoms with van der Waals surface area (Å²) in [6.45, 7) is 2.22. The van der Waals surface area contributed by atoms with Crippen LogP contribution < -0.4 is 15.8 Å². The molecule has 1 aromatic heterocycles. The zero-order chi connectivity index (χ0) is 16.1. The molecule has 6 heteroatoms. The fraction of sp³-hybridized carbons (Fsp3) is 0.412. The maximum absolute atomic E-state index is 5.91. The van der Waals surface area contributed by atoms with Gasteiger partial charge in [-0.25, -0.2) is 9.97 Å². The first-order valence-electron chi connectivity index (χ1n) is 7.80. The number of ether oxygens (including phenoxy) is 2. The first-order chi connectivity index (χ1) is 11.3. The zero-order valence-corrected chi connectivity index (χ0v) is 13.2. The Balaban J connectivity index is 1.60. The van der Waals surface area contributed by atoms with Gasteiger partial charge in [-0.15, -0.1) is 0 Å². The third-order valence-electron chi connectivity index (χ3n) is 4.18. The van der Waals surface area contributed by atoms with Crippen molar-refractivity contribution in [2.45, 2.75) is 19.1 Å². The standard InChI is InChI=1S/C17H22N4O2/c1-22-17-14(16(18)20-11-21-17)10-19-9-13-7-8-23-15(13)12-5-3-2-4-6-12/h2-6,11,13,15,19H,7-10H2,1H3,(H2,18,20,21)/t13-,15-/m1/s1. The minimum Gasteiger partial charge on any atom is -0.481 e. The van der Waals surface area contributed by atoms with E-state index < -0.39 is 0 Å². The van der Waals surface area contributed by atoms with Gasteiger partial charge in [0, 0.05) is 25.6 Å². The van der Waals surface area contributed by atoms with Crippen molar-refractivity contribution < 1.29 is 9.47 Å². The molecule has 3 rings (SSSR count). The number of nitrogens with one attached hydrogen (secondary N) is 1. The monoisotopic (exact) mass is 314 g/mol. The molecule has 1 aromatic carbocycles. The van der Waals surface area contributed by atoms with Crippen molar-refractivity contribution in [1.29, 1.82) is 0 Å². The van der Waals surface area contributed by atoms with Gasteiger partial charge in [-0.1, -0.05) is 30.3 Å². The molecule has 6 nitrogen and oxygen atoms in total. The Kier molecular flexibility index (Phi) is 5.05. The molecule has 0 aliphatic carbocycles. The van der Waals surface area contributed by atoms with Crippen molar-refractivity contribution in [2.24, 2.45) is 5.92 Å². The first kappa shape index (κ1) is 15.7. The third kappa shape index (κ3) is 3.60. The van der Waals surface area contributed by atoms with Crippen LogP contribution in [0.4, 0.5) is 5.82 Å². The average Bonchev–Trinajstić information content (AvgIpc) is 3.05. The number of benzene rings is 1. The van der Waals surface area contributed by atoms with Crippen LogP contribution >= 0.6 is 0 Å². The number of aromatic nitrogens is 2. The van der Waals surface area contributed by atoms with Gasteiger partial charge in [0.25, 0.3) is 0 Å². The summed E-state index contributed by atoms with van der Waals surface area (Å²) in [7, 11) is 1.58. The van der Waals surface area contributed by atoms with Crippen LogP contribution in [-0.2, 0) is 11.3 Å². The lowest BCUT2D eigenvalue weighted by molar-refractivity contribution is 0.0904. The van der Waals surface area contributed by atoms with Gasteiger partial charge in [-0.3, -0.25) is 0 Å². The van der Waals surface area contributed by atoms with E-state index in [1.807, 2.05) is 18.2 Å². The summed E-state index contributed by atoms with van der Waals surface area (Å²) in [5.41, 5.74) is 7.94.